The van der Waals surface area contributed by atoms with E-state index in [1.807, 2.05) is 0 Å². The van der Waals surface area contributed by atoms with Crippen molar-refractivity contribution in [1.82, 2.24) is 0 Å². The van der Waals surface area contributed by atoms with Gasteiger partial charge < -0.3 is 9.47 Å². The summed E-state index contributed by atoms with van der Waals surface area (Å²) in [6, 6.07) is 0. The summed E-state index contributed by atoms with van der Waals surface area (Å²) < 4.78 is 90.8. The first-order valence-corrected chi connectivity index (χ1v) is 8.98. The van der Waals surface area contributed by atoms with Crippen molar-refractivity contribution in [3.05, 3.63) is 0 Å². The first-order valence-electron chi connectivity index (χ1n) is 7.40. The number of carbonyl (C=O) groups excluding carboxylic acids is 1. The minimum Gasteiger partial charge on any atom is -0.465 e. The maximum atomic E-state index is 13.2. The van der Waals surface area contributed by atoms with Gasteiger partial charge in [0.25, 0.3) is 10.1 Å². The van der Waals surface area contributed by atoms with E-state index in [1.165, 1.54) is 0 Å². The molecule has 3 aliphatic heterocycles. The fourth-order valence-electron chi connectivity index (χ4n) is 3.37. The van der Waals surface area contributed by atoms with Crippen LogP contribution in [0.4, 0.5) is 17.6 Å². The van der Waals surface area contributed by atoms with Crippen LogP contribution in [-0.4, -0.2) is 56.9 Å². The molecule has 0 aromatic rings. The minimum absolute atomic E-state index is 0.0239. The van der Waals surface area contributed by atoms with Gasteiger partial charge in [0.15, 0.2) is 0 Å². The molecule has 0 N–H and O–H groups in total. The Morgan fingerprint density at radius 3 is 2.58 bits per heavy atom. The molecule has 6 nitrogen and oxygen atoms in total. The first kappa shape index (κ1) is 17.9. The van der Waals surface area contributed by atoms with Gasteiger partial charge >= 0.3 is 17.8 Å². The van der Waals surface area contributed by atoms with Crippen LogP contribution in [0.1, 0.15) is 19.8 Å². The average Bonchev–Trinajstić information content (AvgIpc) is 3.08. The average molecular weight is 376 g/mol. The summed E-state index contributed by atoms with van der Waals surface area (Å²) in [5.41, 5.74) is 0. The molecule has 3 rings (SSSR count). The third-order valence-electron chi connectivity index (χ3n) is 4.72. The van der Waals surface area contributed by atoms with Crippen molar-refractivity contribution in [2.75, 3.05) is 12.4 Å². The first-order chi connectivity index (χ1) is 10.9. The van der Waals surface area contributed by atoms with Crippen molar-refractivity contribution in [1.29, 1.82) is 0 Å². The number of ether oxygens (including phenoxy) is 2. The number of alkyl halides is 4. The molecule has 3 saturated heterocycles. The zero-order chi connectivity index (χ0) is 17.9. The van der Waals surface area contributed by atoms with Crippen LogP contribution in [0.15, 0.2) is 0 Å². The molecule has 0 aromatic heterocycles. The van der Waals surface area contributed by atoms with Crippen molar-refractivity contribution >= 4 is 16.1 Å². The van der Waals surface area contributed by atoms with E-state index in [9.17, 15) is 30.8 Å². The van der Waals surface area contributed by atoms with Crippen molar-refractivity contribution in [3.63, 3.8) is 0 Å². The summed E-state index contributed by atoms with van der Waals surface area (Å²) in [6.07, 6.45) is -3.59. The molecule has 3 fully saturated rings. The van der Waals surface area contributed by atoms with Crippen LogP contribution in [0.3, 0.4) is 0 Å². The lowest BCUT2D eigenvalue weighted by atomic mass is 9.80. The number of hydrogen-bond donors (Lipinski definition) is 0. The van der Waals surface area contributed by atoms with Crippen LogP contribution in [0.25, 0.3) is 0 Å². The number of hydrogen-bond acceptors (Lipinski definition) is 6. The highest BCUT2D eigenvalue weighted by atomic mass is 32.2. The molecule has 5 atom stereocenters. The Morgan fingerprint density at radius 2 is 1.96 bits per heavy atom. The molecule has 0 saturated carbocycles. The van der Waals surface area contributed by atoms with Crippen molar-refractivity contribution in [2.45, 2.75) is 49.9 Å². The lowest BCUT2D eigenvalue weighted by Gasteiger charge is -2.26. The predicted molar refractivity (Wildman–Crippen MR) is 70.1 cm³/mol. The SMILES string of the molecule is CC(F)(F)C(F)(F)CCS(=O)(=O)OC1CC2OC1C1C(=O)OCC21. The molecule has 24 heavy (non-hydrogen) atoms. The number of cyclic esters (lactones) is 1. The fourth-order valence-corrected chi connectivity index (χ4v) is 4.54. The van der Waals surface area contributed by atoms with E-state index in [0.717, 1.165) is 0 Å². The zero-order valence-electron chi connectivity index (χ0n) is 12.6. The van der Waals surface area contributed by atoms with Gasteiger partial charge in [-0.2, -0.15) is 17.2 Å². The van der Waals surface area contributed by atoms with Gasteiger partial charge in [0.2, 0.25) is 0 Å². The van der Waals surface area contributed by atoms with Gasteiger partial charge in [0.1, 0.15) is 6.10 Å². The summed E-state index contributed by atoms with van der Waals surface area (Å²) in [4.78, 5) is 11.6. The number of fused-ring (bicyclic) bond motifs is 5. The van der Waals surface area contributed by atoms with Gasteiger partial charge in [-0.05, 0) is 0 Å². The molecule has 0 spiro atoms. The molecule has 0 radical (unpaired) electrons. The van der Waals surface area contributed by atoms with Gasteiger partial charge in [-0.15, -0.1) is 0 Å². The summed E-state index contributed by atoms with van der Waals surface area (Å²) in [7, 11) is -4.47. The van der Waals surface area contributed by atoms with Crippen LogP contribution in [-0.2, 0) is 28.6 Å². The van der Waals surface area contributed by atoms with Gasteiger partial charge in [0.05, 0.1) is 30.5 Å². The number of carbonyl (C=O) groups is 1. The van der Waals surface area contributed by atoms with Gasteiger partial charge in [-0.3, -0.25) is 8.98 Å². The van der Waals surface area contributed by atoms with Crippen LogP contribution in [0, 0.1) is 11.8 Å². The normalized spacial score (nSPS) is 36.0. The molecular formula is C13H16F4O6S. The third-order valence-corrected chi connectivity index (χ3v) is 5.97. The highest BCUT2D eigenvalue weighted by Crippen LogP contribution is 2.48. The van der Waals surface area contributed by atoms with E-state index >= 15 is 0 Å². The molecule has 0 aromatic carbocycles. The van der Waals surface area contributed by atoms with E-state index < -0.39 is 64.3 Å². The van der Waals surface area contributed by atoms with E-state index in [-0.39, 0.29) is 25.9 Å². The largest absolute Gasteiger partial charge is 0.465 e. The van der Waals surface area contributed by atoms with Gasteiger partial charge in [-0.25, -0.2) is 8.78 Å². The lowest BCUT2D eigenvalue weighted by molar-refractivity contribution is -0.198. The second-order valence-electron chi connectivity index (χ2n) is 6.43. The van der Waals surface area contributed by atoms with E-state index in [2.05, 4.69) is 0 Å². The van der Waals surface area contributed by atoms with Gasteiger partial charge in [-0.1, -0.05) is 0 Å². The highest BCUT2D eigenvalue weighted by Gasteiger charge is 2.62. The molecule has 138 valence electrons. The van der Waals surface area contributed by atoms with Crippen LogP contribution >= 0.6 is 0 Å². The minimum atomic E-state index is -4.47. The standard InChI is InChI=1S/C13H16F4O6S/c1-12(14,15)13(16,17)2-3-24(19,20)23-8-4-7-6-5-21-11(18)9(6)10(8)22-7/h6-10H,2-5H2,1H3. The van der Waals surface area contributed by atoms with E-state index in [0.29, 0.717) is 0 Å². The maximum Gasteiger partial charge on any atom is 0.312 e. The van der Waals surface area contributed by atoms with E-state index in [4.69, 9.17) is 13.7 Å². The molecule has 3 aliphatic rings. The van der Waals surface area contributed by atoms with Crippen molar-refractivity contribution in [3.8, 4) is 0 Å². The van der Waals surface area contributed by atoms with Crippen molar-refractivity contribution < 1.29 is 44.4 Å². The maximum absolute atomic E-state index is 13.2. The Labute approximate surface area is 135 Å². The molecular weight excluding hydrogens is 360 g/mol. The Morgan fingerprint density at radius 1 is 1.29 bits per heavy atom. The highest BCUT2D eigenvalue weighted by molar-refractivity contribution is 7.86. The Hall–Kier alpha value is -0.940. The molecule has 2 bridgehead atoms. The number of esters is 1. The Balaban J connectivity index is 1.61. The smallest absolute Gasteiger partial charge is 0.312 e. The predicted octanol–water partition coefficient (Wildman–Crippen LogP) is 1.34. The quantitative estimate of drug-likeness (QED) is 0.396. The van der Waals surface area contributed by atoms with Crippen LogP contribution in [0.5, 0.6) is 0 Å². The third kappa shape index (κ3) is 3.01. The second kappa shape index (κ2) is 5.53. The second-order valence-corrected chi connectivity index (χ2v) is 8.15. The molecule has 0 amide bonds. The summed E-state index contributed by atoms with van der Waals surface area (Å²) >= 11 is 0. The molecule has 3 heterocycles. The number of halogens is 4. The summed E-state index contributed by atoms with van der Waals surface area (Å²) in [5.74, 6) is -11.3. The monoisotopic (exact) mass is 376 g/mol. The Bertz CT molecular complexity index is 631. The van der Waals surface area contributed by atoms with Crippen LogP contribution in [0.2, 0.25) is 0 Å². The summed E-state index contributed by atoms with van der Waals surface area (Å²) in [5, 5.41) is 0. The zero-order valence-corrected chi connectivity index (χ0v) is 13.4. The summed E-state index contributed by atoms with van der Waals surface area (Å²) in [6.45, 7) is 0.220. The van der Waals surface area contributed by atoms with Crippen LogP contribution < -0.4 is 0 Å². The Kier molecular flexibility index (Phi) is 4.12. The fraction of sp³-hybridized carbons (Fsp3) is 0.923. The molecule has 0 aliphatic carbocycles. The topological polar surface area (TPSA) is 78.9 Å². The molecule has 5 unspecified atom stereocenters. The number of rotatable bonds is 6. The van der Waals surface area contributed by atoms with Crippen molar-refractivity contribution in [2.24, 2.45) is 11.8 Å². The van der Waals surface area contributed by atoms with Gasteiger partial charge in [0, 0.05) is 25.7 Å². The molecule has 11 heteroatoms. The van der Waals surface area contributed by atoms with E-state index in [1.54, 1.807) is 0 Å². The lowest BCUT2D eigenvalue weighted by Crippen LogP contribution is -2.42.